The van der Waals surface area contributed by atoms with Gasteiger partial charge in [0, 0.05) is 12.5 Å². The molecule has 2 nitrogen and oxygen atoms in total. The molecular formula is C13H10FO2+. The number of rotatable bonds is 3. The highest BCUT2D eigenvalue weighted by molar-refractivity contribution is 5.96. The van der Waals surface area contributed by atoms with E-state index in [1.54, 1.807) is 24.3 Å². The summed E-state index contributed by atoms with van der Waals surface area (Å²) in [7, 11) is 0. The first kappa shape index (κ1) is 10.5. The molecule has 3 heteroatoms. The molecular weight excluding hydrogens is 207 g/mol. The number of benzene rings is 1. The third-order valence-electron chi connectivity index (χ3n) is 2.23. The van der Waals surface area contributed by atoms with Gasteiger partial charge in [-0.2, -0.15) is 0 Å². The van der Waals surface area contributed by atoms with Crippen molar-refractivity contribution in [3.8, 4) is 0 Å². The van der Waals surface area contributed by atoms with E-state index in [2.05, 4.69) is 6.92 Å². The molecule has 0 N–H and O–H groups in total. The first-order valence-electron chi connectivity index (χ1n) is 4.84. The van der Waals surface area contributed by atoms with Gasteiger partial charge in [0.15, 0.2) is 0 Å². The maximum absolute atomic E-state index is 12.7. The highest BCUT2D eigenvalue weighted by Crippen LogP contribution is 2.14. The van der Waals surface area contributed by atoms with Crippen LogP contribution in [0, 0.1) is 12.7 Å². The third-order valence-corrected chi connectivity index (χ3v) is 2.23. The summed E-state index contributed by atoms with van der Waals surface area (Å²) in [5.41, 5.74) is 0.929. The van der Waals surface area contributed by atoms with Crippen LogP contribution < -0.4 is 0 Å². The first-order chi connectivity index (χ1) is 7.65. The van der Waals surface area contributed by atoms with Crippen molar-refractivity contribution in [3.05, 3.63) is 66.2 Å². The zero-order chi connectivity index (χ0) is 11.5. The Morgan fingerprint density at radius 1 is 1.19 bits per heavy atom. The Bertz CT molecular complexity index is 497. The van der Waals surface area contributed by atoms with Gasteiger partial charge in [0.05, 0.1) is 13.0 Å². The number of carbonyl (C=O) groups is 1. The van der Waals surface area contributed by atoms with Crippen LogP contribution in [0.4, 0.5) is 4.39 Å². The van der Waals surface area contributed by atoms with Crippen molar-refractivity contribution in [3.63, 3.8) is 0 Å². The fraction of sp³-hybridized carbons (Fsp3) is 0.0769. The minimum absolute atomic E-state index is 0.247. The van der Waals surface area contributed by atoms with Crippen LogP contribution >= 0.6 is 0 Å². The summed E-state index contributed by atoms with van der Waals surface area (Å²) >= 11 is 0. The minimum Gasteiger partial charge on any atom is -0.369 e. The maximum Gasteiger partial charge on any atom is 0.370 e. The van der Waals surface area contributed by atoms with Gasteiger partial charge in [0.1, 0.15) is 11.6 Å². The van der Waals surface area contributed by atoms with Crippen molar-refractivity contribution >= 4 is 5.78 Å². The Balaban J connectivity index is 2.14. The molecule has 0 atom stereocenters. The SMILES string of the molecule is [CH2+]C(=O)c1ccc(Cc2ccc(F)cc2)o1. The van der Waals surface area contributed by atoms with Crippen LogP contribution in [0.5, 0.6) is 0 Å². The van der Waals surface area contributed by atoms with Crippen LogP contribution in [0.2, 0.25) is 0 Å². The monoisotopic (exact) mass is 217 g/mol. The Morgan fingerprint density at radius 3 is 2.44 bits per heavy atom. The van der Waals surface area contributed by atoms with Crippen molar-refractivity contribution in [2.45, 2.75) is 6.42 Å². The van der Waals surface area contributed by atoms with E-state index in [1.165, 1.54) is 12.1 Å². The van der Waals surface area contributed by atoms with Crippen molar-refractivity contribution in [1.29, 1.82) is 0 Å². The van der Waals surface area contributed by atoms with E-state index in [-0.39, 0.29) is 17.4 Å². The van der Waals surface area contributed by atoms with Crippen molar-refractivity contribution in [2.24, 2.45) is 0 Å². The van der Waals surface area contributed by atoms with Crippen LogP contribution in [0.15, 0.2) is 40.8 Å². The summed E-state index contributed by atoms with van der Waals surface area (Å²) in [6.07, 6.45) is 0.535. The fourth-order valence-electron chi connectivity index (χ4n) is 1.43. The van der Waals surface area contributed by atoms with Gasteiger partial charge in [0.2, 0.25) is 0 Å². The minimum atomic E-state index is -0.342. The Morgan fingerprint density at radius 2 is 1.88 bits per heavy atom. The largest absolute Gasteiger partial charge is 0.370 e. The molecule has 16 heavy (non-hydrogen) atoms. The lowest BCUT2D eigenvalue weighted by Crippen LogP contribution is -1.88. The van der Waals surface area contributed by atoms with Gasteiger partial charge < -0.3 is 4.42 Å². The van der Waals surface area contributed by atoms with E-state index >= 15 is 0 Å². The average molecular weight is 217 g/mol. The molecule has 1 heterocycles. The van der Waals surface area contributed by atoms with Crippen LogP contribution in [-0.2, 0) is 6.42 Å². The molecule has 0 unspecified atom stereocenters. The third kappa shape index (κ3) is 2.31. The molecule has 0 aliphatic rings. The maximum atomic E-state index is 12.7. The quantitative estimate of drug-likeness (QED) is 0.584. The Hall–Kier alpha value is -2.03. The molecule has 0 amide bonds. The van der Waals surface area contributed by atoms with E-state index in [9.17, 15) is 9.18 Å². The summed E-state index contributed by atoms with van der Waals surface area (Å²) in [6, 6.07) is 9.47. The van der Waals surface area contributed by atoms with Gasteiger partial charge in [0.25, 0.3) is 0 Å². The lowest BCUT2D eigenvalue weighted by atomic mass is 10.1. The normalized spacial score (nSPS) is 10.3. The second kappa shape index (κ2) is 4.23. The fourth-order valence-corrected chi connectivity index (χ4v) is 1.43. The van der Waals surface area contributed by atoms with Gasteiger partial charge in [-0.1, -0.05) is 12.1 Å². The molecule has 2 rings (SSSR count). The molecule has 80 valence electrons. The van der Waals surface area contributed by atoms with E-state index in [4.69, 9.17) is 4.42 Å². The molecule has 0 bridgehead atoms. The number of Topliss-reactive ketones (excluding diaryl/α,β-unsaturated/α-hetero) is 1. The number of carbonyl (C=O) groups excluding carboxylic acids is 1. The molecule has 0 spiro atoms. The Kier molecular flexibility index (Phi) is 2.77. The predicted octanol–water partition coefficient (Wildman–Crippen LogP) is 3.03. The Labute approximate surface area is 92.7 Å². The lowest BCUT2D eigenvalue weighted by molar-refractivity contribution is 0.101. The second-order valence-electron chi connectivity index (χ2n) is 3.49. The van der Waals surface area contributed by atoms with Gasteiger partial charge in [-0.25, -0.2) is 9.18 Å². The molecule has 2 aromatic rings. The highest BCUT2D eigenvalue weighted by atomic mass is 19.1. The van der Waals surface area contributed by atoms with Crippen molar-refractivity contribution in [1.82, 2.24) is 0 Å². The molecule has 0 fully saturated rings. The van der Waals surface area contributed by atoms with Gasteiger partial charge in [-0.15, -0.1) is 0 Å². The molecule has 1 aromatic carbocycles. The van der Waals surface area contributed by atoms with E-state index in [0.29, 0.717) is 12.2 Å². The van der Waals surface area contributed by atoms with Gasteiger partial charge in [-0.3, -0.25) is 0 Å². The number of furan rings is 1. The van der Waals surface area contributed by atoms with Crippen LogP contribution in [-0.4, -0.2) is 5.78 Å². The van der Waals surface area contributed by atoms with E-state index in [1.807, 2.05) is 0 Å². The van der Waals surface area contributed by atoms with E-state index in [0.717, 1.165) is 5.56 Å². The second-order valence-corrected chi connectivity index (χ2v) is 3.49. The molecule has 0 aliphatic heterocycles. The van der Waals surface area contributed by atoms with Crippen molar-refractivity contribution < 1.29 is 13.6 Å². The summed E-state index contributed by atoms with van der Waals surface area (Å²) in [5.74, 6) is 0.304. The van der Waals surface area contributed by atoms with Gasteiger partial charge in [-0.05, 0) is 17.7 Å². The standard InChI is InChI=1S/C13H10FO2/c1-9(15)13-7-6-12(16-13)8-10-2-4-11(14)5-3-10/h2-7H,1,8H2/q+1. The zero-order valence-electron chi connectivity index (χ0n) is 8.57. The highest BCUT2D eigenvalue weighted by Gasteiger charge is 2.15. The lowest BCUT2D eigenvalue weighted by Gasteiger charge is -1.96. The summed E-state index contributed by atoms with van der Waals surface area (Å²) in [4.78, 5) is 10.9. The summed E-state index contributed by atoms with van der Waals surface area (Å²) < 4.78 is 17.9. The molecule has 0 saturated heterocycles. The van der Waals surface area contributed by atoms with Crippen LogP contribution in [0.3, 0.4) is 0 Å². The smallest absolute Gasteiger partial charge is 0.369 e. The zero-order valence-corrected chi connectivity index (χ0v) is 8.57. The summed E-state index contributed by atoms with van der Waals surface area (Å²) in [6.45, 7) is 3.26. The van der Waals surface area contributed by atoms with Crippen LogP contribution in [0.1, 0.15) is 21.9 Å². The molecule has 1 aromatic heterocycles. The molecule has 0 saturated carbocycles. The van der Waals surface area contributed by atoms with E-state index < -0.39 is 0 Å². The van der Waals surface area contributed by atoms with Crippen LogP contribution in [0.25, 0.3) is 0 Å². The topological polar surface area (TPSA) is 30.2 Å². The number of ketones is 1. The predicted molar refractivity (Wildman–Crippen MR) is 57.6 cm³/mol. The van der Waals surface area contributed by atoms with Crippen molar-refractivity contribution in [2.75, 3.05) is 0 Å². The number of hydrogen-bond donors (Lipinski definition) is 0. The number of hydrogen-bond acceptors (Lipinski definition) is 2. The average Bonchev–Trinajstić information content (AvgIpc) is 2.70. The van der Waals surface area contributed by atoms with Gasteiger partial charge >= 0.3 is 11.5 Å². The number of halogens is 1. The molecule has 0 radical (unpaired) electrons. The molecule has 0 aliphatic carbocycles. The summed E-state index contributed by atoms with van der Waals surface area (Å²) in [5, 5.41) is 0. The first-order valence-corrected chi connectivity index (χ1v) is 4.84.